The minimum Gasteiger partial charge on any atom is -0.481 e. The Hall–Kier alpha value is -1.72. The highest BCUT2D eigenvalue weighted by Crippen LogP contribution is 2.35. The first-order chi connectivity index (χ1) is 8.77. The molecule has 0 bridgehead atoms. The Labute approximate surface area is 109 Å². The van der Waals surface area contributed by atoms with Crippen LogP contribution in [0, 0.1) is 0 Å². The van der Waals surface area contributed by atoms with Gasteiger partial charge < -0.3 is 10.8 Å². The minimum atomic E-state index is -4.50. The summed E-state index contributed by atoms with van der Waals surface area (Å²) < 4.78 is 37.9. The number of anilines is 1. The zero-order valence-corrected chi connectivity index (χ0v) is 10.5. The lowest BCUT2D eigenvalue weighted by atomic mass is 9.91. The van der Waals surface area contributed by atoms with Crippen LogP contribution in [0.15, 0.2) is 18.2 Å². The number of hydrogen-bond acceptors (Lipinski definition) is 2. The third-order valence-electron chi connectivity index (χ3n) is 2.93. The van der Waals surface area contributed by atoms with E-state index in [4.69, 9.17) is 10.8 Å². The molecule has 1 rings (SSSR count). The number of hydrogen-bond donors (Lipinski definition) is 2. The van der Waals surface area contributed by atoms with Crippen LogP contribution in [0.3, 0.4) is 0 Å². The van der Waals surface area contributed by atoms with Crippen LogP contribution >= 0.6 is 0 Å². The molecule has 0 aliphatic carbocycles. The number of benzene rings is 1. The highest BCUT2D eigenvalue weighted by atomic mass is 19.4. The quantitative estimate of drug-likeness (QED) is 0.806. The topological polar surface area (TPSA) is 63.3 Å². The molecule has 0 spiro atoms. The molecule has 1 aromatic carbocycles. The summed E-state index contributed by atoms with van der Waals surface area (Å²) in [6.07, 6.45) is -2.84. The van der Waals surface area contributed by atoms with Crippen molar-refractivity contribution >= 4 is 11.7 Å². The first kappa shape index (κ1) is 15.3. The minimum absolute atomic E-state index is 0.0378. The van der Waals surface area contributed by atoms with E-state index in [0.29, 0.717) is 6.42 Å². The van der Waals surface area contributed by atoms with Crippen LogP contribution < -0.4 is 5.73 Å². The lowest BCUT2D eigenvalue weighted by molar-refractivity contribution is -0.140. The zero-order valence-electron chi connectivity index (χ0n) is 10.5. The van der Waals surface area contributed by atoms with Crippen molar-refractivity contribution in [2.75, 3.05) is 5.73 Å². The van der Waals surface area contributed by atoms with Gasteiger partial charge in [0.2, 0.25) is 0 Å². The maximum atomic E-state index is 12.6. The lowest BCUT2D eigenvalue weighted by Gasteiger charge is -2.17. The SMILES string of the molecule is CCCCC(C(=O)O)c1cc(C(F)(F)F)ccc1N. The van der Waals surface area contributed by atoms with Gasteiger partial charge in [-0.05, 0) is 30.2 Å². The van der Waals surface area contributed by atoms with Gasteiger partial charge in [0.05, 0.1) is 11.5 Å². The fourth-order valence-corrected chi connectivity index (χ4v) is 1.87. The summed E-state index contributed by atoms with van der Waals surface area (Å²) in [5.74, 6) is -2.15. The second-order valence-corrected chi connectivity index (χ2v) is 4.37. The predicted octanol–water partition coefficient (Wildman–Crippen LogP) is 3.65. The average molecular weight is 275 g/mol. The smallest absolute Gasteiger partial charge is 0.416 e. The van der Waals surface area contributed by atoms with Crippen LogP contribution in [0.2, 0.25) is 0 Å². The molecular formula is C13H16F3NO2. The fraction of sp³-hybridized carbons (Fsp3) is 0.462. The van der Waals surface area contributed by atoms with Crippen molar-refractivity contribution in [3.8, 4) is 0 Å². The molecule has 6 heteroatoms. The number of aliphatic carboxylic acids is 1. The maximum absolute atomic E-state index is 12.6. The molecule has 3 N–H and O–H groups in total. The van der Waals surface area contributed by atoms with Crippen LogP contribution in [0.4, 0.5) is 18.9 Å². The van der Waals surface area contributed by atoms with Gasteiger partial charge in [-0.15, -0.1) is 0 Å². The van der Waals surface area contributed by atoms with Gasteiger partial charge in [0.1, 0.15) is 0 Å². The van der Waals surface area contributed by atoms with E-state index in [2.05, 4.69) is 0 Å². The molecule has 0 fully saturated rings. The molecule has 0 heterocycles. The van der Waals surface area contributed by atoms with Gasteiger partial charge in [0.25, 0.3) is 0 Å². The molecular weight excluding hydrogens is 259 g/mol. The second kappa shape index (κ2) is 5.95. The number of halogens is 3. The van der Waals surface area contributed by atoms with Crippen molar-refractivity contribution in [3.63, 3.8) is 0 Å². The summed E-state index contributed by atoms with van der Waals surface area (Å²) >= 11 is 0. The largest absolute Gasteiger partial charge is 0.481 e. The fourth-order valence-electron chi connectivity index (χ4n) is 1.87. The van der Waals surface area contributed by atoms with Gasteiger partial charge in [0.15, 0.2) is 0 Å². The van der Waals surface area contributed by atoms with Crippen LogP contribution in [-0.4, -0.2) is 11.1 Å². The Balaban J connectivity index is 3.18. The molecule has 0 aromatic heterocycles. The molecule has 1 unspecified atom stereocenters. The number of rotatable bonds is 5. The molecule has 19 heavy (non-hydrogen) atoms. The van der Waals surface area contributed by atoms with Gasteiger partial charge in [-0.1, -0.05) is 19.8 Å². The molecule has 0 saturated carbocycles. The number of unbranched alkanes of at least 4 members (excludes halogenated alkanes) is 1. The number of carboxylic acid groups (broad SMARTS) is 1. The first-order valence-corrected chi connectivity index (χ1v) is 5.96. The van der Waals surface area contributed by atoms with E-state index in [1.807, 2.05) is 6.92 Å². The summed E-state index contributed by atoms with van der Waals surface area (Å²) in [5.41, 5.74) is 4.85. The molecule has 0 aliphatic heterocycles. The Morgan fingerprint density at radius 2 is 2.05 bits per heavy atom. The van der Waals surface area contributed by atoms with E-state index >= 15 is 0 Å². The van der Waals surface area contributed by atoms with E-state index in [1.165, 1.54) is 0 Å². The summed E-state index contributed by atoms with van der Waals surface area (Å²) in [6, 6.07) is 2.81. The Kier molecular flexibility index (Phi) is 4.80. The third kappa shape index (κ3) is 3.87. The molecule has 106 valence electrons. The summed E-state index contributed by atoms with van der Waals surface area (Å²) in [4.78, 5) is 11.2. The summed E-state index contributed by atoms with van der Waals surface area (Å²) in [7, 11) is 0. The molecule has 3 nitrogen and oxygen atoms in total. The first-order valence-electron chi connectivity index (χ1n) is 5.96. The van der Waals surface area contributed by atoms with Crippen molar-refractivity contribution < 1.29 is 23.1 Å². The third-order valence-corrected chi connectivity index (χ3v) is 2.93. The Bertz CT molecular complexity index is 458. The van der Waals surface area contributed by atoms with Gasteiger partial charge in [-0.2, -0.15) is 13.2 Å². The summed E-state index contributed by atoms with van der Waals surface area (Å²) in [6.45, 7) is 1.88. The van der Waals surface area contributed by atoms with Crippen molar-refractivity contribution in [1.82, 2.24) is 0 Å². The molecule has 0 saturated heterocycles. The number of nitrogen functional groups attached to an aromatic ring is 1. The van der Waals surface area contributed by atoms with E-state index in [9.17, 15) is 18.0 Å². The van der Waals surface area contributed by atoms with E-state index in [1.54, 1.807) is 0 Å². The monoisotopic (exact) mass is 275 g/mol. The molecule has 1 atom stereocenters. The Morgan fingerprint density at radius 1 is 1.42 bits per heavy atom. The van der Waals surface area contributed by atoms with Crippen molar-refractivity contribution in [1.29, 1.82) is 0 Å². The molecule has 0 amide bonds. The van der Waals surface area contributed by atoms with Gasteiger partial charge in [0, 0.05) is 5.69 Å². The Morgan fingerprint density at radius 3 is 2.53 bits per heavy atom. The maximum Gasteiger partial charge on any atom is 0.416 e. The molecule has 0 aliphatic rings. The highest BCUT2D eigenvalue weighted by Gasteiger charge is 2.32. The van der Waals surface area contributed by atoms with Crippen molar-refractivity contribution in [3.05, 3.63) is 29.3 Å². The summed E-state index contributed by atoms with van der Waals surface area (Å²) in [5, 5.41) is 9.13. The van der Waals surface area contributed by atoms with Crippen LogP contribution in [-0.2, 0) is 11.0 Å². The van der Waals surface area contributed by atoms with Crippen molar-refractivity contribution in [2.24, 2.45) is 0 Å². The molecule has 1 aromatic rings. The van der Waals surface area contributed by atoms with E-state index in [0.717, 1.165) is 24.6 Å². The van der Waals surface area contributed by atoms with Gasteiger partial charge >= 0.3 is 12.1 Å². The average Bonchev–Trinajstić information content (AvgIpc) is 2.29. The van der Waals surface area contributed by atoms with Crippen LogP contribution in [0.5, 0.6) is 0 Å². The molecule has 0 radical (unpaired) electrons. The van der Waals surface area contributed by atoms with Crippen LogP contribution in [0.25, 0.3) is 0 Å². The second-order valence-electron chi connectivity index (χ2n) is 4.37. The van der Waals surface area contributed by atoms with E-state index < -0.39 is 23.6 Å². The van der Waals surface area contributed by atoms with E-state index in [-0.39, 0.29) is 17.7 Å². The number of carbonyl (C=O) groups is 1. The van der Waals surface area contributed by atoms with Gasteiger partial charge in [-0.3, -0.25) is 4.79 Å². The van der Waals surface area contributed by atoms with Crippen LogP contribution in [0.1, 0.15) is 43.2 Å². The normalized spacial score (nSPS) is 13.3. The number of nitrogens with two attached hydrogens (primary N) is 1. The predicted molar refractivity (Wildman–Crippen MR) is 65.8 cm³/mol. The van der Waals surface area contributed by atoms with Crippen molar-refractivity contribution in [2.45, 2.75) is 38.3 Å². The van der Waals surface area contributed by atoms with Gasteiger partial charge in [-0.25, -0.2) is 0 Å². The number of alkyl halides is 3. The highest BCUT2D eigenvalue weighted by molar-refractivity contribution is 5.78. The number of carboxylic acids is 1. The lowest BCUT2D eigenvalue weighted by Crippen LogP contribution is -2.15. The zero-order chi connectivity index (χ0) is 14.6. The standard InChI is InChI=1S/C13H16F3NO2/c1-2-3-4-9(12(18)19)10-7-8(13(14,15)16)5-6-11(10)17/h5-7,9H,2-4,17H2,1H3,(H,18,19).